The Morgan fingerprint density at radius 2 is 2.04 bits per heavy atom. The molecule has 0 spiro atoms. The van der Waals surface area contributed by atoms with Crippen molar-refractivity contribution < 1.29 is 12.8 Å². The molecule has 2 aliphatic rings. The third kappa shape index (κ3) is 2.71. The molecule has 0 N–H and O–H groups in total. The van der Waals surface area contributed by atoms with Crippen LogP contribution < -0.4 is 0 Å². The van der Waals surface area contributed by atoms with E-state index in [9.17, 15) is 8.42 Å². The van der Waals surface area contributed by atoms with Crippen LogP contribution in [0.5, 0.6) is 0 Å². The smallest absolute Gasteiger partial charge is 0.183 e. The summed E-state index contributed by atoms with van der Waals surface area (Å²) in [5.74, 6) is 0.766. The number of sulfone groups is 1. The van der Waals surface area contributed by atoms with Gasteiger partial charge in [-0.3, -0.25) is 9.88 Å². The summed E-state index contributed by atoms with van der Waals surface area (Å²) in [7, 11) is -3.29. The highest BCUT2D eigenvalue weighted by atomic mass is 32.2. The van der Waals surface area contributed by atoms with E-state index in [-0.39, 0.29) is 11.2 Å². The Balaban J connectivity index is 1.47. The van der Waals surface area contributed by atoms with Gasteiger partial charge in [-0.1, -0.05) is 6.07 Å². The van der Waals surface area contributed by atoms with Crippen molar-refractivity contribution in [2.75, 3.05) is 13.1 Å². The molecule has 2 unspecified atom stereocenters. The zero-order valence-corrected chi connectivity index (χ0v) is 15.8. The predicted octanol–water partition coefficient (Wildman–Crippen LogP) is 3.41. The number of hydrogen-bond acceptors (Lipinski definition) is 5. The first-order valence-electron chi connectivity index (χ1n) is 9.09. The molecule has 0 radical (unpaired) electrons. The fourth-order valence-electron chi connectivity index (χ4n) is 4.37. The summed E-state index contributed by atoms with van der Waals surface area (Å²) in [6, 6.07) is 15.3. The number of benzene rings is 1. The number of furan rings is 1. The van der Waals surface area contributed by atoms with Gasteiger partial charge in [-0.15, -0.1) is 0 Å². The molecule has 2 aliphatic heterocycles. The van der Waals surface area contributed by atoms with Crippen LogP contribution in [0.25, 0.3) is 11.3 Å². The van der Waals surface area contributed by atoms with Crippen LogP contribution in [0, 0.1) is 6.92 Å². The number of nitrogens with zero attached hydrogens (tertiary/aromatic N) is 2. The molecule has 3 aromatic rings. The van der Waals surface area contributed by atoms with E-state index in [0.717, 1.165) is 34.8 Å². The molecule has 2 aromatic heterocycles. The molecule has 1 saturated heterocycles. The molecule has 0 saturated carbocycles. The first-order valence-corrected chi connectivity index (χ1v) is 10.6. The summed E-state index contributed by atoms with van der Waals surface area (Å²) in [6.45, 7) is 3.93. The van der Waals surface area contributed by atoms with Gasteiger partial charge in [-0.05, 0) is 55.0 Å². The Kier molecular flexibility index (Phi) is 3.74. The van der Waals surface area contributed by atoms with Gasteiger partial charge in [0.05, 0.1) is 22.1 Å². The largest absolute Gasteiger partial charge is 0.464 e. The molecular formula is C21H20N2O3S. The van der Waals surface area contributed by atoms with Crippen molar-refractivity contribution >= 4 is 9.84 Å². The van der Waals surface area contributed by atoms with Crippen molar-refractivity contribution in [1.82, 2.24) is 9.88 Å². The second-order valence-electron chi connectivity index (χ2n) is 7.38. The Labute approximate surface area is 158 Å². The fourth-order valence-corrected chi connectivity index (χ4v) is 6.56. The van der Waals surface area contributed by atoms with Crippen molar-refractivity contribution in [3.05, 3.63) is 71.7 Å². The average Bonchev–Trinajstić information content (AvgIpc) is 3.34. The Hall–Kier alpha value is -2.44. The predicted molar refractivity (Wildman–Crippen MR) is 102 cm³/mol. The second kappa shape index (κ2) is 6.04. The highest BCUT2D eigenvalue weighted by Gasteiger charge is 2.50. The topological polar surface area (TPSA) is 63.4 Å². The minimum atomic E-state index is -3.29. The molecule has 0 amide bonds. The Morgan fingerprint density at radius 1 is 1.15 bits per heavy atom. The van der Waals surface area contributed by atoms with E-state index in [0.29, 0.717) is 18.0 Å². The third-order valence-corrected chi connectivity index (χ3v) is 7.85. The number of aryl methyl sites for hydroxylation is 1. The molecule has 138 valence electrons. The maximum atomic E-state index is 13.0. The summed E-state index contributed by atoms with van der Waals surface area (Å²) in [5.41, 5.74) is 3.81. The molecule has 0 bridgehead atoms. The number of hydrogen-bond donors (Lipinski definition) is 0. The van der Waals surface area contributed by atoms with Crippen LogP contribution in [-0.2, 0) is 16.4 Å². The lowest BCUT2D eigenvalue weighted by Gasteiger charge is -2.17. The number of aromatic nitrogens is 1. The van der Waals surface area contributed by atoms with Crippen LogP contribution in [0.4, 0.5) is 0 Å². The second-order valence-corrected chi connectivity index (χ2v) is 9.52. The normalized spacial score (nSPS) is 23.3. The Morgan fingerprint density at radius 3 is 2.81 bits per heavy atom. The lowest BCUT2D eigenvalue weighted by atomic mass is 9.96. The Bertz CT molecular complexity index is 1110. The quantitative estimate of drug-likeness (QED) is 0.697. The molecule has 1 aromatic carbocycles. The third-order valence-electron chi connectivity index (χ3n) is 5.59. The molecular weight excluding hydrogens is 360 g/mol. The maximum absolute atomic E-state index is 13.0. The first-order chi connectivity index (χ1) is 13.0. The van der Waals surface area contributed by atoms with Crippen LogP contribution in [0.2, 0.25) is 0 Å². The fraction of sp³-hybridized carbons (Fsp3) is 0.286. The van der Waals surface area contributed by atoms with Gasteiger partial charge in [0.2, 0.25) is 0 Å². The number of likely N-dealkylation sites (tertiary alicyclic amines) is 1. The van der Waals surface area contributed by atoms with Gasteiger partial charge in [-0.2, -0.15) is 0 Å². The van der Waals surface area contributed by atoms with Gasteiger partial charge in [0, 0.05) is 36.8 Å². The van der Waals surface area contributed by atoms with E-state index in [1.165, 1.54) is 0 Å². The molecule has 5 nitrogen and oxygen atoms in total. The molecule has 2 atom stereocenters. The SMILES string of the molecule is Cc1cccc(CN2CC3c4cc(-c5ccco5)ccc4S(=O)(=O)C3C2)n1. The summed E-state index contributed by atoms with van der Waals surface area (Å²) in [5, 5.41) is -0.371. The molecule has 1 fully saturated rings. The van der Waals surface area contributed by atoms with Gasteiger partial charge in [0.25, 0.3) is 0 Å². The van der Waals surface area contributed by atoms with Crippen LogP contribution in [0.15, 0.2) is 64.1 Å². The van der Waals surface area contributed by atoms with Crippen molar-refractivity contribution in [2.45, 2.75) is 29.5 Å². The van der Waals surface area contributed by atoms with Gasteiger partial charge in [0.15, 0.2) is 9.84 Å². The minimum absolute atomic E-state index is 0.00437. The van der Waals surface area contributed by atoms with E-state index in [1.54, 1.807) is 12.3 Å². The van der Waals surface area contributed by atoms with Gasteiger partial charge in [-0.25, -0.2) is 8.42 Å². The highest BCUT2D eigenvalue weighted by molar-refractivity contribution is 7.92. The molecule has 4 heterocycles. The van der Waals surface area contributed by atoms with Crippen LogP contribution in [-0.4, -0.2) is 36.6 Å². The molecule has 5 rings (SSSR count). The average molecular weight is 380 g/mol. The lowest BCUT2D eigenvalue weighted by Crippen LogP contribution is -2.26. The summed E-state index contributed by atoms with van der Waals surface area (Å²) in [6.07, 6.45) is 1.63. The highest BCUT2D eigenvalue weighted by Crippen LogP contribution is 2.46. The van der Waals surface area contributed by atoms with E-state index >= 15 is 0 Å². The van der Waals surface area contributed by atoms with Gasteiger partial charge >= 0.3 is 0 Å². The number of rotatable bonds is 3. The summed E-state index contributed by atoms with van der Waals surface area (Å²) >= 11 is 0. The van der Waals surface area contributed by atoms with Crippen LogP contribution in [0.3, 0.4) is 0 Å². The van der Waals surface area contributed by atoms with Crippen molar-refractivity contribution in [1.29, 1.82) is 0 Å². The number of fused-ring (bicyclic) bond motifs is 3. The standard InChI is InChI=1S/C21H20N2O3S/c1-14-4-2-5-16(22-14)11-23-12-18-17-10-15(19-6-3-9-26-19)7-8-20(17)27(24,25)21(18)13-23/h2-10,18,21H,11-13H2,1H3. The zero-order valence-electron chi connectivity index (χ0n) is 15.0. The van der Waals surface area contributed by atoms with Crippen molar-refractivity contribution in [3.8, 4) is 11.3 Å². The first kappa shape index (κ1) is 16.7. The van der Waals surface area contributed by atoms with E-state index in [2.05, 4.69) is 9.88 Å². The molecule has 27 heavy (non-hydrogen) atoms. The van der Waals surface area contributed by atoms with Crippen molar-refractivity contribution in [2.24, 2.45) is 0 Å². The van der Waals surface area contributed by atoms with Crippen LogP contribution >= 0.6 is 0 Å². The van der Waals surface area contributed by atoms with E-state index in [4.69, 9.17) is 4.42 Å². The van der Waals surface area contributed by atoms with E-state index in [1.807, 2.05) is 49.4 Å². The minimum Gasteiger partial charge on any atom is -0.464 e. The summed E-state index contributed by atoms with van der Waals surface area (Å²) in [4.78, 5) is 7.25. The van der Waals surface area contributed by atoms with E-state index < -0.39 is 9.84 Å². The lowest BCUT2D eigenvalue weighted by molar-refractivity contribution is 0.321. The molecule has 0 aliphatic carbocycles. The van der Waals surface area contributed by atoms with Crippen molar-refractivity contribution in [3.63, 3.8) is 0 Å². The zero-order chi connectivity index (χ0) is 18.6. The van der Waals surface area contributed by atoms with Gasteiger partial charge < -0.3 is 4.42 Å². The monoisotopic (exact) mass is 380 g/mol. The number of pyridine rings is 1. The van der Waals surface area contributed by atoms with Gasteiger partial charge in [0.1, 0.15) is 5.76 Å². The summed E-state index contributed by atoms with van der Waals surface area (Å²) < 4.78 is 31.6. The van der Waals surface area contributed by atoms with Crippen LogP contribution in [0.1, 0.15) is 22.9 Å². The molecule has 6 heteroatoms. The maximum Gasteiger partial charge on any atom is 0.183 e.